The minimum Gasteiger partial charge on any atom is -0.504 e. The number of ether oxygens (including phenoxy) is 1. The van der Waals surface area contributed by atoms with E-state index >= 15 is 0 Å². The van der Waals surface area contributed by atoms with E-state index in [9.17, 15) is 9.90 Å². The number of phenolic OH excluding ortho intramolecular Hbond substituents is 1. The smallest absolute Gasteiger partial charge is 0.256 e. The Balaban J connectivity index is 2.02. The summed E-state index contributed by atoms with van der Waals surface area (Å²) in [4.78, 5) is 12.1. The number of fused-ring (bicyclic) bond motifs is 1. The number of hydrogen-bond acceptors (Lipinski definition) is 3. The van der Waals surface area contributed by atoms with Crippen molar-refractivity contribution in [2.24, 2.45) is 0 Å². The van der Waals surface area contributed by atoms with E-state index in [-0.39, 0.29) is 11.7 Å². The molecule has 0 bridgehead atoms. The summed E-state index contributed by atoms with van der Waals surface area (Å²) in [6, 6.07) is 12.6. The third-order valence-corrected chi connectivity index (χ3v) is 3.30. The molecule has 1 aliphatic heterocycles. The minimum atomic E-state index is -0.123. The molecule has 0 atom stereocenters. The van der Waals surface area contributed by atoms with Gasteiger partial charge in [0.1, 0.15) is 0 Å². The molecule has 2 aromatic rings. The van der Waals surface area contributed by atoms with Gasteiger partial charge in [0.05, 0.1) is 6.61 Å². The van der Waals surface area contributed by atoms with Gasteiger partial charge in [-0.25, -0.2) is 0 Å². The Bertz CT molecular complexity index is 735. The Labute approximate surface area is 122 Å². The lowest BCUT2D eigenvalue weighted by molar-refractivity contribution is -0.110. The molecule has 0 aliphatic carbocycles. The molecule has 1 heterocycles. The van der Waals surface area contributed by atoms with E-state index in [0.717, 1.165) is 16.8 Å². The molecular weight excluding hydrogens is 266 g/mol. The highest BCUT2D eigenvalue weighted by atomic mass is 16.5. The van der Waals surface area contributed by atoms with Crippen molar-refractivity contribution in [2.45, 2.75) is 6.92 Å². The monoisotopic (exact) mass is 281 g/mol. The van der Waals surface area contributed by atoms with Gasteiger partial charge in [0.2, 0.25) is 0 Å². The highest BCUT2D eigenvalue weighted by Gasteiger charge is 2.23. The van der Waals surface area contributed by atoms with Gasteiger partial charge in [0.25, 0.3) is 5.91 Å². The first kappa shape index (κ1) is 13.2. The number of aromatic hydroxyl groups is 1. The number of rotatable bonds is 3. The van der Waals surface area contributed by atoms with Gasteiger partial charge < -0.3 is 15.2 Å². The lowest BCUT2D eigenvalue weighted by Crippen LogP contribution is -2.03. The number of benzene rings is 2. The van der Waals surface area contributed by atoms with Crippen LogP contribution in [0.4, 0.5) is 5.69 Å². The fourth-order valence-electron chi connectivity index (χ4n) is 2.34. The van der Waals surface area contributed by atoms with Gasteiger partial charge in [-0.15, -0.1) is 0 Å². The van der Waals surface area contributed by atoms with E-state index in [0.29, 0.717) is 17.9 Å². The summed E-state index contributed by atoms with van der Waals surface area (Å²) in [5.41, 5.74) is 3.11. The first-order valence-corrected chi connectivity index (χ1v) is 6.77. The predicted octanol–water partition coefficient (Wildman–Crippen LogP) is 3.28. The number of anilines is 1. The molecular formula is C17H15NO3. The van der Waals surface area contributed by atoms with Crippen molar-refractivity contribution in [3.8, 4) is 11.5 Å². The van der Waals surface area contributed by atoms with Crippen molar-refractivity contribution in [3.63, 3.8) is 0 Å². The van der Waals surface area contributed by atoms with E-state index < -0.39 is 0 Å². The molecule has 0 radical (unpaired) electrons. The normalized spacial score (nSPS) is 14.9. The van der Waals surface area contributed by atoms with Gasteiger partial charge in [-0.05, 0) is 36.8 Å². The van der Waals surface area contributed by atoms with Crippen LogP contribution in [0.25, 0.3) is 11.6 Å². The maximum absolute atomic E-state index is 12.1. The second kappa shape index (κ2) is 5.32. The zero-order chi connectivity index (χ0) is 14.8. The molecule has 1 amide bonds. The van der Waals surface area contributed by atoms with E-state index in [2.05, 4.69) is 5.32 Å². The molecule has 21 heavy (non-hydrogen) atoms. The van der Waals surface area contributed by atoms with E-state index in [1.54, 1.807) is 24.3 Å². The molecule has 106 valence electrons. The van der Waals surface area contributed by atoms with Crippen molar-refractivity contribution in [3.05, 3.63) is 53.6 Å². The SMILES string of the molecule is CCOc1cc(/C=C2\C(=O)Nc3ccccc32)ccc1O. The summed E-state index contributed by atoms with van der Waals surface area (Å²) in [7, 11) is 0. The maximum Gasteiger partial charge on any atom is 0.256 e. The fourth-order valence-corrected chi connectivity index (χ4v) is 2.34. The average Bonchev–Trinajstić information content (AvgIpc) is 2.79. The number of phenols is 1. The summed E-state index contributed by atoms with van der Waals surface area (Å²) < 4.78 is 5.36. The Morgan fingerprint density at radius 1 is 1.24 bits per heavy atom. The van der Waals surface area contributed by atoms with Crippen LogP contribution < -0.4 is 10.1 Å². The quantitative estimate of drug-likeness (QED) is 0.849. The highest BCUT2D eigenvalue weighted by molar-refractivity contribution is 6.34. The predicted molar refractivity (Wildman–Crippen MR) is 82.2 cm³/mol. The Morgan fingerprint density at radius 3 is 2.86 bits per heavy atom. The summed E-state index contributed by atoms with van der Waals surface area (Å²) in [6.45, 7) is 2.32. The van der Waals surface area contributed by atoms with Gasteiger partial charge in [-0.2, -0.15) is 0 Å². The number of carbonyl (C=O) groups is 1. The molecule has 0 aromatic heterocycles. The molecule has 2 aromatic carbocycles. The van der Waals surface area contributed by atoms with Crippen LogP contribution in [0, 0.1) is 0 Å². The van der Waals surface area contributed by atoms with Crippen molar-refractivity contribution < 1.29 is 14.6 Å². The second-order valence-electron chi connectivity index (χ2n) is 4.72. The molecule has 4 heteroatoms. The fraction of sp³-hybridized carbons (Fsp3) is 0.118. The van der Waals surface area contributed by atoms with E-state index in [4.69, 9.17) is 4.74 Å². The van der Waals surface area contributed by atoms with Gasteiger partial charge in [0, 0.05) is 16.8 Å². The third-order valence-electron chi connectivity index (χ3n) is 3.30. The standard InChI is InChI=1S/C17H15NO3/c1-2-21-16-10-11(7-8-15(16)19)9-13-12-5-3-4-6-14(12)18-17(13)20/h3-10,19H,2H2,1H3,(H,18,20)/b13-9-. The van der Waals surface area contributed by atoms with Gasteiger partial charge in [-0.3, -0.25) is 4.79 Å². The van der Waals surface area contributed by atoms with E-state index in [1.165, 1.54) is 0 Å². The van der Waals surface area contributed by atoms with Gasteiger partial charge in [-0.1, -0.05) is 24.3 Å². The van der Waals surface area contributed by atoms with Crippen molar-refractivity contribution in [2.75, 3.05) is 11.9 Å². The summed E-state index contributed by atoms with van der Waals surface area (Å²) in [5, 5.41) is 12.5. The summed E-state index contributed by atoms with van der Waals surface area (Å²) in [6.07, 6.45) is 1.79. The Kier molecular flexibility index (Phi) is 3.36. The number of hydrogen-bond donors (Lipinski definition) is 2. The third kappa shape index (κ3) is 2.48. The van der Waals surface area contributed by atoms with Crippen molar-refractivity contribution >= 4 is 23.2 Å². The molecule has 0 saturated heterocycles. The van der Waals surface area contributed by atoms with Gasteiger partial charge >= 0.3 is 0 Å². The molecule has 2 N–H and O–H groups in total. The van der Waals surface area contributed by atoms with Crippen LogP contribution in [0.5, 0.6) is 11.5 Å². The van der Waals surface area contributed by atoms with Crippen LogP contribution in [-0.2, 0) is 4.79 Å². The summed E-state index contributed by atoms with van der Waals surface area (Å²) >= 11 is 0. The molecule has 1 aliphatic rings. The molecule has 0 fully saturated rings. The lowest BCUT2D eigenvalue weighted by Gasteiger charge is -2.06. The lowest BCUT2D eigenvalue weighted by atomic mass is 10.0. The first-order valence-electron chi connectivity index (χ1n) is 6.77. The van der Waals surface area contributed by atoms with E-state index in [1.807, 2.05) is 31.2 Å². The minimum absolute atomic E-state index is 0.0928. The molecule has 0 saturated carbocycles. The molecule has 0 spiro atoms. The number of carbonyl (C=O) groups excluding carboxylic acids is 1. The summed E-state index contributed by atoms with van der Waals surface area (Å²) in [5.74, 6) is 0.385. The molecule has 3 rings (SSSR count). The Morgan fingerprint density at radius 2 is 2.05 bits per heavy atom. The zero-order valence-electron chi connectivity index (χ0n) is 11.6. The second-order valence-corrected chi connectivity index (χ2v) is 4.72. The van der Waals surface area contributed by atoms with Crippen molar-refractivity contribution in [1.29, 1.82) is 0 Å². The maximum atomic E-state index is 12.1. The van der Waals surface area contributed by atoms with Crippen molar-refractivity contribution in [1.82, 2.24) is 0 Å². The van der Waals surface area contributed by atoms with Crippen LogP contribution >= 0.6 is 0 Å². The van der Waals surface area contributed by atoms with Crippen LogP contribution in [0.3, 0.4) is 0 Å². The van der Waals surface area contributed by atoms with Crippen LogP contribution in [0.2, 0.25) is 0 Å². The van der Waals surface area contributed by atoms with Gasteiger partial charge in [0.15, 0.2) is 11.5 Å². The Hall–Kier alpha value is -2.75. The first-order chi connectivity index (χ1) is 10.2. The zero-order valence-corrected chi connectivity index (χ0v) is 11.6. The average molecular weight is 281 g/mol. The van der Waals surface area contributed by atoms with Crippen LogP contribution in [-0.4, -0.2) is 17.6 Å². The largest absolute Gasteiger partial charge is 0.504 e. The van der Waals surface area contributed by atoms with Crippen LogP contribution in [0.15, 0.2) is 42.5 Å². The molecule has 0 unspecified atom stereocenters. The van der Waals surface area contributed by atoms with Crippen LogP contribution in [0.1, 0.15) is 18.1 Å². The number of amides is 1. The number of nitrogens with one attached hydrogen (secondary N) is 1. The highest BCUT2D eigenvalue weighted by Crippen LogP contribution is 2.34. The number of para-hydroxylation sites is 1. The molecule has 4 nitrogen and oxygen atoms in total. The topological polar surface area (TPSA) is 58.6 Å².